The summed E-state index contributed by atoms with van der Waals surface area (Å²) in [5.74, 6) is 1.51. The van der Waals surface area contributed by atoms with Gasteiger partial charge in [0, 0.05) is 5.69 Å². The molecule has 0 aliphatic heterocycles. The van der Waals surface area contributed by atoms with Gasteiger partial charge in [-0.15, -0.1) is 0 Å². The van der Waals surface area contributed by atoms with E-state index in [1.165, 1.54) is 0 Å². The number of hydrogen-bond acceptors (Lipinski definition) is 2. The maximum Gasteiger partial charge on any atom is 0.228 e. The first-order valence-corrected chi connectivity index (χ1v) is 7.46. The molecular weight excluding hydrogens is 286 g/mol. The van der Waals surface area contributed by atoms with Gasteiger partial charge in [0.15, 0.2) is 0 Å². The minimum Gasteiger partial charge on any atom is -0.457 e. The summed E-state index contributed by atoms with van der Waals surface area (Å²) in [5.41, 5.74) is 1.75. The Bertz CT molecular complexity index is 753. The van der Waals surface area contributed by atoms with E-state index in [4.69, 9.17) is 4.74 Å². The van der Waals surface area contributed by atoms with Crippen LogP contribution >= 0.6 is 0 Å². The number of anilines is 1. The third kappa shape index (κ3) is 4.45. The van der Waals surface area contributed by atoms with Gasteiger partial charge in [0.25, 0.3) is 0 Å². The fourth-order valence-corrected chi connectivity index (χ4v) is 2.21. The van der Waals surface area contributed by atoms with Crippen LogP contribution in [0.25, 0.3) is 0 Å². The molecule has 0 saturated heterocycles. The van der Waals surface area contributed by atoms with Crippen LogP contribution < -0.4 is 10.1 Å². The number of amides is 1. The molecule has 0 aliphatic carbocycles. The van der Waals surface area contributed by atoms with Crippen LogP contribution in [0.2, 0.25) is 0 Å². The van der Waals surface area contributed by atoms with Crippen molar-refractivity contribution < 1.29 is 9.53 Å². The maximum atomic E-state index is 12.0. The molecule has 0 saturated carbocycles. The van der Waals surface area contributed by atoms with Crippen molar-refractivity contribution in [2.75, 3.05) is 5.32 Å². The van der Waals surface area contributed by atoms with Crippen molar-refractivity contribution in [2.45, 2.75) is 6.42 Å². The zero-order valence-corrected chi connectivity index (χ0v) is 12.6. The van der Waals surface area contributed by atoms with Gasteiger partial charge in [-0.1, -0.05) is 48.5 Å². The van der Waals surface area contributed by atoms with E-state index in [9.17, 15) is 4.79 Å². The summed E-state index contributed by atoms with van der Waals surface area (Å²) in [6.45, 7) is 0. The standard InChI is InChI=1S/C20H17NO2/c22-20(21-17-7-3-1-4-8-17)15-16-11-13-19(14-12-16)23-18-9-5-2-6-10-18/h1-14H,15H2,(H,21,22). The Labute approximate surface area is 135 Å². The fraction of sp³-hybridized carbons (Fsp3) is 0.0500. The van der Waals surface area contributed by atoms with Crippen LogP contribution in [-0.4, -0.2) is 5.91 Å². The summed E-state index contributed by atoms with van der Waals surface area (Å²) in [6, 6.07) is 26.6. The minimum atomic E-state index is -0.0343. The van der Waals surface area contributed by atoms with E-state index in [0.29, 0.717) is 6.42 Å². The van der Waals surface area contributed by atoms with Crippen molar-refractivity contribution in [1.82, 2.24) is 0 Å². The minimum absolute atomic E-state index is 0.0343. The molecule has 3 aromatic carbocycles. The SMILES string of the molecule is O=C(Cc1ccc(Oc2ccccc2)cc1)Nc1ccccc1. The number of nitrogens with one attached hydrogen (secondary N) is 1. The normalized spacial score (nSPS) is 10.1. The summed E-state index contributed by atoms with van der Waals surface area (Å²) in [5, 5.41) is 2.87. The molecular formula is C20H17NO2. The third-order valence-corrected chi connectivity index (χ3v) is 3.32. The van der Waals surface area contributed by atoms with E-state index in [0.717, 1.165) is 22.7 Å². The molecule has 3 aromatic rings. The smallest absolute Gasteiger partial charge is 0.228 e. The number of carbonyl (C=O) groups excluding carboxylic acids is 1. The number of hydrogen-bond donors (Lipinski definition) is 1. The number of benzene rings is 3. The quantitative estimate of drug-likeness (QED) is 0.744. The Morgan fingerprint density at radius 1 is 0.739 bits per heavy atom. The first-order chi connectivity index (χ1) is 11.3. The van der Waals surface area contributed by atoms with Gasteiger partial charge in [0.2, 0.25) is 5.91 Å². The average molecular weight is 303 g/mol. The molecule has 0 spiro atoms. The molecule has 0 fully saturated rings. The Balaban J connectivity index is 1.58. The van der Waals surface area contributed by atoms with E-state index < -0.39 is 0 Å². The van der Waals surface area contributed by atoms with Crippen LogP contribution in [0.5, 0.6) is 11.5 Å². The van der Waals surface area contributed by atoms with Crippen molar-refractivity contribution in [2.24, 2.45) is 0 Å². The molecule has 0 atom stereocenters. The molecule has 114 valence electrons. The molecule has 3 heteroatoms. The fourth-order valence-electron chi connectivity index (χ4n) is 2.21. The molecule has 0 aromatic heterocycles. The van der Waals surface area contributed by atoms with E-state index >= 15 is 0 Å². The summed E-state index contributed by atoms with van der Waals surface area (Å²) in [7, 11) is 0. The van der Waals surface area contributed by atoms with E-state index in [2.05, 4.69) is 5.32 Å². The lowest BCUT2D eigenvalue weighted by Gasteiger charge is -2.07. The zero-order chi connectivity index (χ0) is 15.9. The van der Waals surface area contributed by atoms with Gasteiger partial charge < -0.3 is 10.1 Å². The molecule has 3 rings (SSSR count). The largest absolute Gasteiger partial charge is 0.457 e. The summed E-state index contributed by atoms with van der Waals surface area (Å²) in [6.07, 6.45) is 0.334. The Morgan fingerprint density at radius 2 is 1.30 bits per heavy atom. The molecule has 0 radical (unpaired) electrons. The highest BCUT2D eigenvalue weighted by Crippen LogP contribution is 2.21. The molecule has 0 bridgehead atoms. The van der Waals surface area contributed by atoms with Crippen LogP contribution in [0, 0.1) is 0 Å². The first-order valence-electron chi connectivity index (χ1n) is 7.46. The third-order valence-electron chi connectivity index (χ3n) is 3.32. The van der Waals surface area contributed by atoms with E-state index in [-0.39, 0.29) is 5.91 Å². The second kappa shape index (κ2) is 7.27. The van der Waals surface area contributed by atoms with Gasteiger partial charge in [-0.25, -0.2) is 0 Å². The van der Waals surface area contributed by atoms with Crippen LogP contribution in [0.3, 0.4) is 0 Å². The maximum absolute atomic E-state index is 12.0. The number of para-hydroxylation sites is 2. The van der Waals surface area contributed by atoms with Gasteiger partial charge in [-0.3, -0.25) is 4.79 Å². The van der Waals surface area contributed by atoms with Crippen molar-refractivity contribution >= 4 is 11.6 Å². The van der Waals surface area contributed by atoms with Gasteiger partial charge in [0.1, 0.15) is 11.5 Å². The Hall–Kier alpha value is -3.07. The van der Waals surface area contributed by atoms with Crippen LogP contribution in [0.1, 0.15) is 5.56 Å². The van der Waals surface area contributed by atoms with E-state index in [1.807, 2.05) is 84.9 Å². The van der Waals surface area contributed by atoms with Crippen LogP contribution in [0.15, 0.2) is 84.9 Å². The van der Waals surface area contributed by atoms with Crippen molar-refractivity contribution in [3.05, 3.63) is 90.5 Å². The molecule has 0 heterocycles. The highest BCUT2D eigenvalue weighted by molar-refractivity contribution is 5.92. The molecule has 3 nitrogen and oxygen atoms in total. The monoisotopic (exact) mass is 303 g/mol. The average Bonchev–Trinajstić information content (AvgIpc) is 2.58. The molecule has 23 heavy (non-hydrogen) atoms. The zero-order valence-electron chi connectivity index (χ0n) is 12.6. The van der Waals surface area contributed by atoms with Gasteiger partial charge >= 0.3 is 0 Å². The highest BCUT2D eigenvalue weighted by atomic mass is 16.5. The van der Waals surface area contributed by atoms with Crippen molar-refractivity contribution in [1.29, 1.82) is 0 Å². The van der Waals surface area contributed by atoms with Gasteiger partial charge in [-0.05, 0) is 42.0 Å². The van der Waals surface area contributed by atoms with E-state index in [1.54, 1.807) is 0 Å². The lowest BCUT2D eigenvalue weighted by Crippen LogP contribution is -2.14. The van der Waals surface area contributed by atoms with Crippen molar-refractivity contribution in [3.63, 3.8) is 0 Å². The van der Waals surface area contributed by atoms with Crippen LogP contribution in [-0.2, 0) is 11.2 Å². The number of rotatable bonds is 5. The predicted molar refractivity (Wildman–Crippen MR) is 91.7 cm³/mol. The molecule has 0 unspecified atom stereocenters. The number of ether oxygens (including phenoxy) is 1. The van der Waals surface area contributed by atoms with Crippen LogP contribution in [0.4, 0.5) is 5.69 Å². The molecule has 1 N–H and O–H groups in total. The second-order valence-electron chi connectivity index (χ2n) is 5.15. The van der Waals surface area contributed by atoms with Gasteiger partial charge in [-0.2, -0.15) is 0 Å². The summed E-state index contributed by atoms with van der Waals surface area (Å²) in [4.78, 5) is 12.0. The molecule has 1 amide bonds. The topological polar surface area (TPSA) is 38.3 Å². The Morgan fingerprint density at radius 3 is 1.96 bits per heavy atom. The Kier molecular flexibility index (Phi) is 4.69. The summed E-state index contributed by atoms with van der Waals surface area (Å²) >= 11 is 0. The summed E-state index contributed by atoms with van der Waals surface area (Å²) < 4.78 is 5.73. The lowest BCUT2D eigenvalue weighted by atomic mass is 10.1. The molecule has 0 aliphatic rings. The first kappa shape index (κ1) is 14.9. The highest BCUT2D eigenvalue weighted by Gasteiger charge is 2.04. The second-order valence-corrected chi connectivity index (χ2v) is 5.15. The number of carbonyl (C=O) groups is 1. The van der Waals surface area contributed by atoms with Gasteiger partial charge in [0.05, 0.1) is 6.42 Å². The predicted octanol–water partition coefficient (Wildman–Crippen LogP) is 4.66. The lowest BCUT2D eigenvalue weighted by molar-refractivity contribution is -0.115. The van der Waals surface area contributed by atoms with Crippen molar-refractivity contribution in [3.8, 4) is 11.5 Å².